The van der Waals surface area contributed by atoms with Gasteiger partial charge in [0.15, 0.2) is 0 Å². The van der Waals surface area contributed by atoms with Crippen molar-refractivity contribution in [2.45, 2.75) is 36.1 Å². The summed E-state index contributed by atoms with van der Waals surface area (Å²) in [6, 6.07) is 29.1. The fourth-order valence-corrected chi connectivity index (χ4v) is 8.32. The molecule has 1 aliphatic heterocycles. The van der Waals surface area contributed by atoms with E-state index < -0.39 is 45.3 Å². The summed E-state index contributed by atoms with van der Waals surface area (Å²) < 4.78 is 0. The molecule has 3 amide bonds. The molecule has 4 aliphatic rings. The molecule has 0 radical (unpaired) electrons. The first-order chi connectivity index (χ1) is 20.2. The highest BCUT2D eigenvalue weighted by Gasteiger charge is 2.73. The minimum atomic E-state index is -1.31. The second-order valence-corrected chi connectivity index (χ2v) is 12.7. The summed E-state index contributed by atoms with van der Waals surface area (Å²) in [6.45, 7) is 3.85. The van der Waals surface area contributed by atoms with Gasteiger partial charge in [0.25, 0.3) is 0 Å². The SMILES string of the molecule is Cc1ccc(C)c(NC(=O)[C@H](Cc2ccccc2)N2C(=O)[C@H]3[C@H](C2=O)C2(Cl)c4ccccc4C3(Cl)c3ccccc32)c1. The predicted molar refractivity (Wildman–Crippen MR) is 163 cm³/mol. The van der Waals surface area contributed by atoms with Crippen LogP contribution in [-0.4, -0.2) is 28.7 Å². The summed E-state index contributed by atoms with van der Waals surface area (Å²) in [6.07, 6.45) is 0.152. The van der Waals surface area contributed by atoms with E-state index in [1.807, 2.05) is 111 Å². The first-order valence-electron chi connectivity index (χ1n) is 14.0. The summed E-state index contributed by atoms with van der Waals surface area (Å²) in [5.41, 5.74) is 6.22. The van der Waals surface area contributed by atoms with E-state index in [1.165, 1.54) is 0 Å². The number of halogens is 2. The second-order valence-electron chi connectivity index (χ2n) is 11.5. The predicted octanol–water partition coefficient (Wildman–Crippen LogP) is 6.45. The van der Waals surface area contributed by atoms with Crippen LogP contribution in [0.4, 0.5) is 5.69 Å². The van der Waals surface area contributed by atoms with Gasteiger partial charge in [-0.05, 0) is 58.9 Å². The Morgan fingerprint density at radius 2 is 1.24 bits per heavy atom. The molecule has 4 aromatic carbocycles. The van der Waals surface area contributed by atoms with Crippen LogP contribution in [0.2, 0.25) is 0 Å². The van der Waals surface area contributed by atoms with Crippen molar-refractivity contribution in [2.24, 2.45) is 11.8 Å². The Hall–Kier alpha value is -3.93. The average Bonchev–Trinajstić information content (AvgIpc) is 3.27. The van der Waals surface area contributed by atoms with Crippen molar-refractivity contribution in [3.63, 3.8) is 0 Å². The van der Waals surface area contributed by atoms with Gasteiger partial charge in [-0.3, -0.25) is 19.3 Å². The van der Waals surface area contributed by atoms with Crippen LogP contribution in [0.25, 0.3) is 0 Å². The third-order valence-corrected chi connectivity index (χ3v) is 10.4. The van der Waals surface area contributed by atoms with Crippen LogP contribution in [-0.2, 0) is 30.6 Å². The van der Waals surface area contributed by atoms with Crippen LogP contribution in [0.3, 0.4) is 0 Å². The minimum absolute atomic E-state index is 0.152. The Balaban J connectivity index is 1.37. The van der Waals surface area contributed by atoms with E-state index in [-0.39, 0.29) is 6.42 Å². The van der Waals surface area contributed by atoms with Crippen molar-refractivity contribution in [1.29, 1.82) is 0 Å². The average molecular weight is 596 g/mol. The molecule has 210 valence electrons. The van der Waals surface area contributed by atoms with Crippen molar-refractivity contribution < 1.29 is 14.4 Å². The molecule has 1 N–H and O–H groups in total. The maximum absolute atomic E-state index is 14.6. The van der Waals surface area contributed by atoms with Gasteiger partial charge in [-0.25, -0.2) is 0 Å². The molecule has 0 aromatic heterocycles. The highest BCUT2D eigenvalue weighted by molar-refractivity contribution is 6.36. The Morgan fingerprint density at radius 3 is 1.74 bits per heavy atom. The number of imide groups is 1. The zero-order valence-corrected chi connectivity index (χ0v) is 24.6. The lowest BCUT2D eigenvalue weighted by Gasteiger charge is -2.54. The number of amides is 3. The molecular weight excluding hydrogens is 567 g/mol. The van der Waals surface area contributed by atoms with Gasteiger partial charge in [-0.2, -0.15) is 0 Å². The molecule has 1 fully saturated rings. The number of carbonyl (C=O) groups is 3. The van der Waals surface area contributed by atoms with Gasteiger partial charge in [-0.15, -0.1) is 23.2 Å². The third-order valence-electron chi connectivity index (χ3n) is 9.16. The number of benzene rings is 4. The molecule has 3 atom stereocenters. The number of carbonyl (C=O) groups excluding carboxylic acids is 3. The molecule has 8 rings (SSSR count). The first-order valence-corrected chi connectivity index (χ1v) is 14.8. The normalized spacial score (nSPS) is 26.0. The van der Waals surface area contributed by atoms with Gasteiger partial charge in [0, 0.05) is 12.1 Å². The van der Waals surface area contributed by atoms with Crippen LogP contribution in [0.1, 0.15) is 38.9 Å². The number of hydrogen-bond donors (Lipinski definition) is 1. The van der Waals surface area contributed by atoms with E-state index in [1.54, 1.807) is 0 Å². The fraction of sp³-hybridized carbons (Fsp3) is 0.229. The highest BCUT2D eigenvalue weighted by Crippen LogP contribution is 2.69. The molecule has 5 nitrogen and oxygen atoms in total. The van der Waals surface area contributed by atoms with Crippen LogP contribution in [0.5, 0.6) is 0 Å². The molecule has 3 aliphatic carbocycles. The van der Waals surface area contributed by atoms with Crippen molar-refractivity contribution in [3.05, 3.63) is 136 Å². The van der Waals surface area contributed by atoms with Crippen molar-refractivity contribution in [2.75, 3.05) is 5.32 Å². The maximum atomic E-state index is 14.6. The molecule has 2 bridgehead atoms. The van der Waals surface area contributed by atoms with Gasteiger partial charge in [0.1, 0.15) is 15.8 Å². The van der Waals surface area contributed by atoms with E-state index in [4.69, 9.17) is 23.2 Å². The van der Waals surface area contributed by atoms with Crippen molar-refractivity contribution in [3.8, 4) is 0 Å². The minimum Gasteiger partial charge on any atom is -0.324 e. The van der Waals surface area contributed by atoms with E-state index in [0.717, 1.165) is 43.8 Å². The number of anilines is 1. The number of alkyl halides is 2. The third kappa shape index (κ3) is 3.60. The summed E-state index contributed by atoms with van der Waals surface area (Å²) in [7, 11) is 0. The van der Waals surface area contributed by atoms with E-state index in [0.29, 0.717) is 5.69 Å². The largest absolute Gasteiger partial charge is 0.324 e. The van der Waals surface area contributed by atoms with Crippen LogP contribution in [0, 0.1) is 25.7 Å². The summed E-state index contributed by atoms with van der Waals surface area (Å²) >= 11 is 15.2. The van der Waals surface area contributed by atoms with Crippen LogP contribution >= 0.6 is 23.2 Å². The lowest BCUT2D eigenvalue weighted by molar-refractivity contribution is -0.146. The monoisotopic (exact) mass is 594 g/mol. The zero-order valence-electron chi connectivity index (χ0n) is 23.1. The molecule has 4 aromatic rings. The number of aryl methyl sites for hydroxylation is 2. The molecule has 0 spiro atoms. The topological polar surface area (TPSA) is 66.5 Å². The number of likely N-dealkylation sites (tertiary alicyclic amines) is 1. The Morgan fingerprint density at radius 1 is 0.762 bits per heavy atom. The van der Waals surface area contributed by atoms with Gasteiger partial charge in [-0.1, -0.05) is 91.0 Å². The standard InChI is InChI=1S/C35H28Cl2N2O3/c1-20-16-17-21(2)27(18-20)38-31(40)28(19-22-10-4-3-5-11-22)39-32(41)29-30(33(39)42)35(37)24-13-7-6-12-23(24)34(29,36)25-14-8-9-15-26(25)35/h3-18,28-30H,19H2,1-2H3,(H,38,40)/t28-,29+,30+,34?,35?/m0/s1. The Labute approximate surface area is 254 Å². The van der Waals surface area contributed by atoms with E-state index in [2.05, 4.69) is 5.32 Å². The zero-order chi connectivity index (χ0) is 29.4. The number of hydrogen-bond acceptors (Lipinski definition) is 3. The summed E-state index contributed by atoms with van der Waals surface area (Å²) in [5.74, 6) is -3.35. The van der Waals surface area contributed by atoms with Gasteiger partial charge >= 0.3 is 0 Å². The van der Waals surface area contributed by atoms with Gasteiger partial charge in [0.2, 0.25) is 17.7 Å². The smallest absolute Gasteiger partial charge is 0.248 e. The van der Waals surface area contributed by atoms with E-state index >= 15 is 0 Å². The van der Waals surface area contributed by atoms with E-state index in [9.17, 15) is 14.4 Å². The lowest BCUT2D eigenvalue weighted by atomic mass is 9.54. The lowest BCUT2D eigenvalue weighted by Crippen LogP contribution is -2.57. The first kappa shape index (κ1) is 26.9. The molecule has 7 heteroatoms. The molecule has 0 saturated carbocycles. The molecular formula is C35H28Cl2N2O3. The Kier molecular flexibility index (Phi) is 6.12. The quantitative estimate of drug-likeness (QED) is 0.213. The van der Waals surface area contributed by atoms with Gasteiger partial charge < -0.3 is 5.32 Å². The fourth-order valence-electron chi connectivity index (χ4n) is 7.22. The van der Waals surface area contributed by atoms with Crippen LogP contribution < -0.4 is 5.32 Å². The second kappa shape index (κ2) is 9.55. The highest BCUT2D eigenvalue weighted by atomic mass is 35.5. The van der Waals surface area contributed by atoms with Gasteiger partial charge in [0.05, 0.1) is 11.8 Å². The van der Waals surface area contributed by atoms with Crippen molar-refractivity contribution >= 4 is 46.6 Å². The number of nitrogens with one attached hydrogen (secondary N) is 1. The number of rotatable bonds is 5. The number of nitrogens with zero attached hydrogens (tertiary/aromatic N) is 1. The van der Waals surface area contributed by atoms with Crippen molar-refractivity contribution in [1.82, 2.24) is 4.90 Å². The maximum Gasteiger partial charge on any atom is 0.248 e. The molecule has 42 heavy (non-hydrogen) atoms. The summed E-state index contributed by atoms with van der Waals surface area (Å²) in [5, 5.41) is 3.01. The van der Waals surface area contributed by atoms with Crippen LogP contribution in [0.15, 0.2) is 97.1 Å². The summed E-state index contributed by atoms with van der Waals surface area (Å²) in [4.78, 5) is 41.8. The molecule has 0 unspecified atom stereocenters. The molecule has 1 heterocycles. The Bertz CT molecular complexity index is 1660. The molecule has 1 saturated heterocycles.